The molecule has 3 amide bonds. The van der Waals surface area contributed by atoms with Gasteiger partial charge in [-0.3, -0.25) is 4.79 Å². The van der Waals surface area contributed by atoms with E-state index in [2.05, 4.69) is 10.6 Å². The molecule has 0 spiro atoms. The molecule has 1 aliphatic heterocycles. The molecule has 7 nitrogen and oxygen atoms in total. The summed E-state index contributed by atoms with van der Waals surface area (Å²) in [7, 11) is 1.57. The van der Waals surface area contributed by atoms with E-state index >= 15 is 0 Å². The standard InChI is InChI=1S/C13H23N3O4/c1-8(2)10(12(18)19)15-13(20)16-6-4-5-9(7-16)11(17)14-3/h8-10H,4-7H2,1-3H3,(H,14,17)(H,15,20)(H,18,19). The molecule has 2 atom stereocenters. The quantitative estimate of drug-likeness (QED) is 0.690. The van der Waals surface area contributed by atoms with E-state index in [1.54, 1.807) is 20.9 Å². The Morgan fingerprint density at radius 2 is 1.95 bits per heavy atom. The number of carbonyl (C=O) groups excluding carboxylic acids is 2. The molecule has 2 unspecified atom stereocenters. The average molecular weight is 285 g/mol. The molecule has 20 heavy (non-hydrogen) atoms. The van der Waals surface area contributed by atoms with Gasteiger partial charge in [0.15, 0.2) is 0 Å². The lowest BCUT2D eigenvalue weighted by molar-refractivity contribution is -0.140. The first-order valence-electron chi connectivity index (χ1n) is 6.86. The molecule has 0 radical (unpaired) electrons. The van der Waals surface area contributed by atoms with Crippen molar-refractivity contribution in [3.63, 3.8) is 0 Å². The van der Waals surface area contributed by atoms with Crippen molar-refractivity contribution in [1.29, 1.82) is 0 Å². The fourth-order valence-electron chi connectivity index (χ4n) is 2.32. The number of hydrogen-bond acceptors (Lipinski definition) is 3. The van der Waals surface area contributed by atoms with Crippen LogP contribution >= 0.6 is 0 Å². The number of carboxylic acid groups (broad SMARTS) is 1. The van der Waals surface area contributed by atoms with E-state index in [0.29, 0.717) is 13.1 Å². The lowest BCUT2D eigenvalue weighted by atomic mass is 9.97. The zero-order valence-electron chi connectivity index (χ0n) is 12.2. The highest BCUT2D eigenvalue weighted by Gasteiger charge is 2.30. The number of likely N-dealkylation sites (tertiary alicyclic amines) is 1. The Labute approximate surface area is 118 Å². The van der Waals surface area contributed by atoms with E-state index in [1.807, 2.05) is 0 Å². The first kappa shape index (κ1) is 16.3. The van der Waals surface area contributed by atoms with E-state index in [0.717, 1.165) is 12.8 Å². The van der Waals surface area contributed by atoms with Gasteiger partial charge < -0.3 is 20.6 Å². The fourth-order valence-corrected chi connectivity index (χ4v) is 2.32. The number of nitrogens with one attached hydrogen (secondary N) is 2. The van der Waals surface area contributed by atoms with Gasteiger partial charge in [-0.05, 0) is 18.8 Å². The number of rotatable bonds is 4. The van der Waals surface area contributed by atoms with Crippen LogP contribution in [0, 0.1) is 11.8 Å². The Morgan fingerprint density at radius 3 is 2.45 bits per heavy atom. The third-order valence-electron chi connectivity index (χ3n) is 3.54. The van der Waals surface area contributed by atoms with Gasteiger partial charge in [-0.2, -0.15) is 0 Å². The summed E-state index contributed by atoms with van der Waals surface area (Å²) in [4.78, 5) is 36.3. The maximum atomic E-state index is 12.1. The highest BCUT2D eigenvalue weighted by Crippen LogP contribution is 2.17. The molecule has 1 aliphatic rings. The summed E-state index contributed by atoms with van der Waals surface area (Å²) in [5.41, 5.74) is 0. The van der Waals surface area contributed by atoms with Gasteiger partial charge in [0, 0.05) is 20.1 Å². The molecule has 3 N–H and O–H groups in total. The second kappa shape index (κ2) is 7.12. The van der Waals surface area contributed by atoms with Crippen molar-refractivity contribution in [3.8, 4) is 0 Å². The topological polar surface area (TPSA) is 98.7 Å². The van der Waals surface area contributed by atoms with Crippen LogP contribution in [0.2, 0.25) is 0 Å². The van der Waals surface area contributed by atoms with Crippen LogP contribution in [0.4, 0.5) is 4.79 Å². The first-order chi connectivity index (χ1) is 9.36. The normalized spacial score (nSPS) is 20.4. The van der Waals surface area contributed by atoms with Gasteiger partial charge in [-0.25, -0.2) is 9.59 Å². The molecule has 0 aliphatic carbocycles. The summed E-state index contributed by atoms with van der Waals surface area (Å²) >= 11 is 0. The van der Waals surface area contributed by atoms with Crippen LogP contribution in [-0.4, -0.2) is 54.1 Å². The van der Waals surface area contributed by atoms with Gasteiger partial charge in [0.1, 0.15) is 6.04 Å². The summed E-state index contributed by atoms with van der Waals surface area (Å²) in [5.74, 6) is -1.55. The van der Waals surface area contributed by atoms with Crippen LogP contribution in [0.1, 0.15) is 26.7 Å². The number of carboxylic acids is 1. The van der Waals surface area contributed by atoms with Gasteiger partial charge in [0.25, 0.3) is 0 Å². The third-order valence-corrected chi connectivity index (χ3v) is 3.54. The van der Waals surface area contributed by atoms with Gasteiger partial charge in [-0.15, -0.1) is 0 Å². The molecule has 0 aromatic carbocycles. The number of amides is 3. The third kappa shape index (κ3) is 4.11. The molecular weight excluding hydrogens is 262 g/mol. The van der Waals surface area contributed by atoms with Crippen molar-refractivity contribution in [1.82, 2.24) is 15.5 Å². The lowest BCUT2D eigenvalue weighted by Gasteiger charge is -2.33. The molecule has 1 fully saturated rings. The maximum Gasteiger partial charge on any atom is 0.326 e. The summed E-state index contributed by atoms with van der Waals surface area (Å²) in [6.45, 7) is 4.35. The highest BCUT2D eigenvalue weighted by molar-refractivity contribution is 5.84. The maximum absolute atomic E-state index is 12.1. The first-order valence-corrected chi connectivity index (χ1v) is 6.86. The van der Waals surface area contributed by atoms with Gasteiger partial charge in [0.05, 0.1) is 5.92 Å². The Bertz CT molecular complexity index is 384. The van der Waals surface area contributed by atoms with Crippen molar-refractivity contribution in [2.24, 2.45) is 11.8 Å². The number of aliphatic carboxylic acids is 1. The Morgan fingerprint density at radius 1 is 1.30 bits per heavy atom. The Hall–Kier alpha value is -1.79. The minimum absolute atomic E-state index is 0.0823. The van der Waals surface area contributed by atoms with E-state index in [1.165, 1.54) is 4.90 Å². The van der Waals surface area contributed by atoms with Crippen molar-refractivity contribution in [2.45, 2.75) is 32.7 Å². The van der Waals surface area contributed by atoms with E-state index < -0.39 is 18.0 Å². The van der Waals surface area contributed by atoms with E-state index in [9.17, 15) is 14.4 Å². The predicted molar refractivity (Wildman–Crippen MR) is 73.2 cm³/mol. The Balaban J connectivity index is 2.62. The van der Waals surface area contributed by atoms with Crippen molar-refractivity contribution >= 4 is 17.9 Å². The van der Waals surface area contributed by atoms with Crippen molar-refractivity contribution < 1.29 is 19.5 Å². The summed E-state index contributed by atoms with van der Waals surface area (Å²) < 4.78 is 0. The second-order valence-corrected chi connectivity index (χ2v) is 5.41. The van der Waals surface area contributed by atoms with Crippen LogP contribution in [0.3, 0.4) is 0 Å². The van der Waals surface area contributed by atoms with Crippen LogP contribution in [0.5, 0.6) is 0 Å². The van der Waals surface area contributed by atoms with Crippen LogP contribution in [0.15, 0.2) is 0 Å². The lowest BCUT2D eigenvalue weighted by Crippen LogP contribution is -2.53. The summed E-state index contributed by atoms with van der Waals surface area (Å²) in [6, 6.07) is -1.33. The minimum Gasteiger partial charge on any atom is -0.480 e. The number of urea groups is 1. The molecule has 7 heteroatoms. The average Bonchev–Trinajstić information content (AvgIpc) is 2.42. The Kier molecular flexibility index (Phi) is 5.79. The monoisotopic (exact) mass is 285 g/mol. The van der Waals surface area contributed by atoms with E-state index in [4.69, 9.17) is 5.11 Å². The predicted octanol–water partition coefficient (Wildman–Crippen LogP) is 0.263. The number of nitrogens with zero attached hydrogens (tertiary/aromatic N) is 1. The molecule has 114 valence electrons. The molecule has 0 saturated carbocycles. The molecule has 0 aromatic heterocycles. The molecule has 1 heterocycles. The summed E-state index contributed by atoms with van der Waals surface area (Å²) in [5, 5.41) is 14.2. The molecule has 1 rings (SSSR count). The van der Waals surface area contributed by atoms with Crippen LogP contribution < -0.4 is 10.6 Å². The summed E-state index contributed by atoms with van der Waals surface area (Å²) in [6.07, 6.45) is 1.49. The molecule has 0 bridgehead atoms. The van der Waals surface area contributed by atoms with Crippen LogP contribution in [0.25, 0.3) is 0 Å². The number of carbonyl (C=O) groups is 3. The highest BCUT2D eigenvalue weighted by atomic mass is 16.4. The molecular formula is C13H23N3O4. The number of piperidine rings is 1. The SMILES string of the molecule is CNC(=O)C1CCCN(C(=O)NC(C(=O)O)C(C)C)C1. The van der Waals surface area contributed by atoms with E-state index in [-0.39, 0.29) is 17.7 Å². The van der Waals surface area contributed by atoms with Gasteiger partial charge in [-0.1, -0.05) is 13.8 Å². The van der Waals surface area contributed by atoms with Gasteiger partial charge >= 0.3 is 12.0 Å². The zero-order valence-corrected chi connectivity index (χ0v) is 12.2. The number of hydrogen-bond donors (Lipinski definition) is 3. The minimum atomic E-state index is -1.05. The van der Waals surface area contributed by atoms with Crippen molar-refractivity contribution in [2.75, 3.05) is 20.1 Å². The van der Waals surface area contributed by atoms with Crippen molar-refractivity contribution in [3.05, 3.63) is 0 Å². The van der Waals surface area contributed by atoms with Gasteiger partial charge in [0.2, 0.25) is 5.91 Å². The molecule has 0 aromatic rings. The molecule has 1 saturated heterocycles. The smallest absolute Gasteiger partial charge is 0.326 e. The fraction of sp³-hybridized carbons (Fsp3) is 0.769. The largest absolute Gasteiger partial charge is 0.480 e. The van der Waals surface area contributed by atoms with Crippen LogP contribution in [-0.2, 0) is 9.59 Å². The zero-order chi connectivity index (χ0) is 15.3. The second-order valence-electron chi connectivity index (χ2n) is 5.41.